The van der Waals surface area contributed by atoms with E-state index in [4.69, 9.17) is 34.8 Å². The van der Waals surface area contributed by atoms with Crippen LogP contribution in [0.4, 0.5) is 17.6 Å². The number of alkyl halides is 3. The van der Waals surface area contributed by atoms with Gasteiger partial charge in [0.1, 0.15) is 17.3 Å². The molecule has 0 radical (unpaired) electrons. The van der Waals surface area contributed by atoms with Gasteiger partial charge in [0, 0.05) is 17.7 Å². The third kappa shape index (κ3) is 6.64. The number of nitrogens with one attached hydrogen (secondary N) is 2. The fourth-order valence-electron chi connectivity index (χ4n) is 4.23. The standard InChI is InChI=1S/C27H25Cl3F4N2O2/c1-14-10-16(22(31)13-19(27(32,33)34)17-11-20(28)23(30)21(29)12-17)4-5-18(14)24(37)36-26(7-8-26)25(38)35-9-6-15-2-3-15/h4-5,10-13,15,19H,2-3,6-9H2,1H3,(H,35,38)(H,36,37)/b22-13-. The van der Waals surface area contributed by atoms with Gasteiger partial charge in [0.2, 0.25) is 5.91 Å². The van der Waals surface area contributed by atoms with E-state index in [0.717, 1.165) is 18.6 Å². The molecule has 2 N–H and O–H groups in total. The van der Waals surface area contributed by atoms with Gasteiger partial charge in [0.25, 0.3) is 5.91 Å². The van der Waals surface area contributed by atoms with Crippen molar-refractivity contribution >= 4 is 52.4 Å². The van der Waals surface area contributed by atoms with Crippen molar-refractivity contribution in [1.29, 1.82) is 0 Å². The molecule has 0 saturated heterocycles. The molecular weight excluding hydrogens is 567 g/mol. The van der Waals surface area contributed by atoms with E-state index in [1.165, 1.54) is 31.0 Å². The second-order valence-electron chi connectivity index (χ2n) is 9.89. The van der Waals surface area contributed by atoms with Gasteiger partial charge in [-0.25, -0.2) is 4.39 Å². The Kier molecular flexibility index (Phi) is 8.36. The monoisotopic (exact) mass is 590 g/mol. The molecule has 204 valence electrons. The molecule has 4 nitrogen and oxygen atoms in total. The summed E-state index contributed by atoms with van der Waals surface area (Å²) >= 11 is 17.6. The Morgan fingerprint density at radius 1 is 1.11 bits per heavy atom. The number of carbonyl (C=O) groups is 2. The molecule has 0 bridgehead atoms. The third-order valence-electron chi connectivity index (χ3n) is 6.85. The number of rotatable bonds is 9. The molecule has 1 atom stereocenters. The lowest BCUT2D eigenvalue weighted by atomic mass is 9.95. The molecule has 2 amide bonds. The summed E-state index contributed by atoms with van der Waals surface area (Å²) in [6, 6.07) is 5.81. The minimum atomic E-state index is -4.84. The SMILES string of the molecule is Cc1cc(/C(F)=C/C(c2cc(Cl)c(Cl)c(Cl)c2)C(F)(F)F)ccc1C(=O)NC1(C(=O)NCCC2CC2)CC1. The predicted molar refractivity (Wildman–Crippen MR) is 140 cm³/mol. The van der Waals surface area contributed by atoms with E-state index in [-0.39, 0.29) is 37.7 Å². The zero-order valence-electron chi connectivity index (χ0n) is 20.3. The van der Waals surface area contributed by atoms with Crippen LogP contribution in [0.5, 0.6) is 0 Å². The van der Waals surface area contributed by atoms with Gasteiger partial charge < -0.3 is 10.6 Å². The molecule has 2 aliphatic rings. The lowest BCUT2D eigenvalue weighted by molar-refractivity contribution is -0.139. The zero-order valence-corrected chi connectivity index (χ0v) is 22.6. The minimum Gasteiger partial charge on any atom is -0.354 e. The summed E-state index contributed by atoms with van der Waals surface area (Å²) in [5.41, 5.74) is -0.932. The highest BCUT2D eigenvalue weighted by Gasteiger charge is 2.51. The number of halogens is 7. The van der Waals surface area contributed by atoms with Crippen LogP contribution in [0.2, 0.25) is 15.1 Å². The lowest BCUT2D eigenvalue weighted by Gasteiger charge is -2.19. The zero-order chi connectivity index (χ0) is 27.8. The lowest BCUT2D eigenvalue weighted by Crippen LogP contribution is -2.49. The Morgan fingerprint density at radius 2 is 1.74 bits per heavy atom. The van der Waals surface area contributed by atoms with Gasteiger partial charge in [0.05, 0.1) is 15.1 Å². The van der Waals surface area contributed by atoms with Crippen LogP contribution in [-0.2, 0) is 4.79 Å². The summed E-state index contributed by atoms with van der Waals surface area (Å²) in [7, 11) is 0. The number of aryl methyl sites for hydroxylation is 1. The molecule has 4 rings (SSSR count). The van der Waals surface area contributed by atoms with E-state index >= 15 is 4.39 Å². The maximum atomic E-state index is 15.1. The fourth-order valence-corrected chi connectivity index (χ4v) is 4.84. The molecule has 2 fully saturated rings. The van der Waals surface area contributed by atoms with Gasteiger partial charge in [-0.3, -0.25) is 9.59 Å². The molecule has 38 heavy (non-hydrogen) atoms. The Labute approximate surface area is 232 Å². The largest absolute Gasteiger partial charge is 0.399 e. The van der Waals surface area contributed by atoms with E-state index in [1.807, 2.05) is 0 Å². The predicted octanol–water partition coefficient (Wildman–Crippen LogP) is 7.79. The average molecular weight is 592 g/mol. The Bertz CT molecular complexity index is 1260. The van der Waals surface area contributed by atoms with Crippen molar-refractivity contribution in [2.75, 3.05) is 6.54 Å². The van der Waals surface area contributed by atoms with Crippen molar-refractivity contribution in [1.82, 2.24) is 10.6 Å². The molecule has 2 aliphatic carbocycles. The third-order valence-corrected chi connectivity index (χ3v) is 8.05. The maximum Gasteiger partial charge on any atom is 0.399 e. The number of carbonyl (C=O) groups excluding carboxylic acids is 2. The average Bonchev–Trinajstić information content (AvgIpc) is 3.76. The van der Waals surface area contributed by atoms with E-state index in [0.29, 0.717) is 36.9 Å². The number of allylic oxidation sites excluding steroid dienone is 1. The van der Waals surface area contributed by atoms with Crippen LogP contribution in [0.3, 0.4) is 0 Å². The smallest absolute Gasteiger partial charge is 0.354 e. The first-order valence-electron chi connectivity index (χ1n) is 12.1. The highest BCUT2D eigenvalue weighted by Crippen LogP contribution is 2.42. The number of hydrogen-bond acceptors (Lipinski definition) is 2. The van der Waals surface area contributed by atoms with Gasteiger partial charge in [-0.15, -0.1) is 0 Å². The first-order chi connectivity index (χ1) is 17.8. The normalized spacial score (nSPS) is 17.6. The summed E-state index contributed by atoms with van der Waals surface area (Å²) in [6.45, 7) is 2.11. The minimum absolute atomic E-state index is 0.101. The summed E-state index contributed by atoms with van der Waals surface area (Å²) in [5.74, 6) is -3.55. The van der Waals surface area contributed by atoms with E-state index in [2.05, 4.69) is 10.6 Å². The Hall–Kier alpha value is -2.29. The molecule has 11 heteroatoms. The van der Waals surface area contributed by atoms with E-state index in [9.17, 15) is 22.8 Å². The van der Waals surface area contributed by atoms with Gasteiger partial charge in [-0.1, -0.05) is 53.7 Å². The maximum absolute atomic E-state index is 15.1. The topological polar surface area (TPSA) is 58.2 Å². The van der Waals surface area contributed by atoms with Crippen LogP contribution in [0.15, 0.2) is 36.4 Å². The fraction of sp³-hybridized carbons (Fsp3) is 0.407. The second-order valence-corrected chi connectivity index (χ2v) is 11.1. The highest BCUT2D eigenvalue weighted by atomic mass is 35.5. The summed E-state index contributed by atoms with van der Waals surface area (Å²) in [4.78, 5) is 25.5. The Morgan fingerprint density at radius 3 is 2.26 bits per heavy atom. The number of benzene rings is 2. The van der Waals surface area contributed by atoms with Crippen molar-refractivity contribution in [2.24, 2.45) is 5.92 Å². The van der Waals surface area contributed by atoms with Crippen molar-refractivity contribution < 1.29 is 27.2 Å². The van der Waals surface area contributed by atoms with Crippen LogP contribution in [0.1, 0.15) is 65.1 Å². The molecule has 0 aromatic heterocycles. The molecule has 2 saturated carbocycles. The number of amides is 2. The van der Waals surface area contributed by atoms with Crippen LogP contribution in [0.25, 0.3) is 5.83 Å². The van der Waals surface area contributed by atoms with Crippen LogP contribution in [-0.4, -0.2) is 30.1 Å². The first kappa shape index (κ1) is 28.7. The quantitative estimate of drug-likeness (QED) is 0.231. The summed E-state index contributed by atoms with van der Waals surface area (Å²) in [6.07, 6.45) is -0.101. The molecular formula is C27H25Cl3F4N2O2. The van der Waals surface area contributed by atoms with E-state index in [1.54, 1.807) is 6.92 Å². The molecule has 0 heterocycles. The van der Waals surface area contributed by atoms with Crippen molar-refractivity contribution in [3.8, 4) is 0 Å². The van der Waals surface area contributed by atoms with Gasteiger partial charge in [-0.05, 0) is 73.6 Å². The molecule has 2 aromatic carbocycles. The Balaban J connectivity index is 1.50. The van der Waals surface area contributed by atoms with Gasteiger partial charge in [0.15, 0.2) is 0 Å². The first-order valence-corrected chi connectivity index (χ1v) is 13.2. The van der Waals surface area contributed by atoms with Gasteiger partial charge in [-0.2, -0.15) is 13.2 Å². The number of hydrogen-bond donors (Lipinski definition) is 2. The van der Waals surface area contributed by atoms with Crippen molar-refractivity contribution in [3.63, 3.8) is 0 Å². The van der Waals surface area contributed by atoms with Crippen molar-refractivity contribution in [3.05, 3.63) is 73.7 Å². The molecule has 0 spiro atoms. The summed E-state index contributed by atoms with van der Waals surface area (Å²) in [5, 5.41) is 5.18. The van der Waals surface area contributed by atoms with Crippen molar-refractivity contribution in [2.45, 2.75) is 56.7 Å². The second kappa shape index (κ2) is 11.1. The summed E-state index contributed by atoms with van der Waals surface area (Å²) < 4.78 is 56.6. The van der Waals surface area contributed by atoms with Crippen LogP contribution < -0.4 is 10.6 Å². The molecule has 1 unspecified atom stereocenters. The molecule has 0 aliphatic heterocycles. The molecule has 2 aromatic rings. The van der Waals surface area contributed by atoms with E-state index < -0.39 is 29.4 Å². The van der Waals surface area contributed by atoms with Gasteiger partial charge >= 0.3 is 6.18 Å². The highest BCUT2D eigenvalue weighted by molar-refractivity contribution is 6.48. The van der Waals surface area contributed by atoms with Crippen LogP contribution in [0, 0.1) is 12.8 Å². The van der Waals surface area contributed by atoms with Crippen LogP contribution >= 0.6 is 34.8 Å².